The van der Waals surface area contributed by atoms with Gasteiger partial charge in [0.15, 0.2) is 5.60 Å². The Morgan fingerprint density at radius 2 is 2.27 bits per heavy atom. The molecule has 15 heavy (non-hydrogen) atoms. The Morgan fingerprint density at radius 3 is 2.87 bits per heavy atom. The second kappa shape index (κ2) is 3.24. The number of hydrogen-bond donors (Lipinski definition) is 2. The molecule has 1 atom stereocenters. The number of aromatic hydroxyl groups is 1. The molecule has 4 nitrogen and oxygen atoms in total. The van der Waals surface area contributed by atoms with Gasteiger partial charge in [-0.15, -0.1) is 0 Å². The van der Waals surface area contributed by atoms with Crippen molar-refractivity contribution < 1.29 is 19.7 Å². The molecule has 4 heteroatoms. The van der Waals surface area contributed by atoms with E-state index < -0.39 is 11.6 Å². The van der Waals surface area contributed by atoms with Gasteiger partial charge in [-0.3, -0.25) is 0 Å². The second-order valence-electron chi connectivity index (χ2n) is 3.68. The number of aryl methyl sites for hydroxylation is 1. The van der Waals surface area contributed by atoms with Gasteiger partial charge in [0.25, 0.3) is 0 Å². The summed E-state index contributed by atoms with van der Waals surface area (Å²) < 4.78 is 5.13. The van der Waals surface area contributed by atoms with Crippen molar-refractivity contribution in [2.45, 2.75) is 18.4 Å². The maximum atomic E-state index is 11.2. The number of carbonyl (C=O) groups is 1. The number of hydrogen-bond acceptors (Lipinski definition) is 3. The number of benzene rings is 1. The molecule has 0 aliphatic heterocycles. The third-order valence-electron chi connectivity index (χ3n) is 2.97. The van der Waals surface area contributed by atoms with E-state index in [2.05, 4.69) is 0 Å². The van der Waals surface area contributed by atoms with Crippen LogP contribution in [0.25, 0.3) is 0 Å². The zero-order valence-electron chi connectivity index (χ0n) is 8.36. The van der Waals surface area contributed by atoms with E-state index in [1.807, 2.05) is 0 Å². The van der Waals surface area contributed by atoms with Crippen molar-refractivity contribution >= 4 is 5.97 Å². The van der Waals surface area contributed by atoms with Crippen LogP contribution in [0.4, 0.5) is 0 Å². The van der Waals surface area contributed by atoms with E-state index in [4.69, 9.17) is 4.74 Å². The zero-order chi connectivity index (χ0) is 11.1. The van der Waals surface area contributed by atoms with Crippen molar-refractivity contribution in [3.05, 3.63) is 29.3 Å². The number of methoxy groups -OCH3 is 1. The summed E-state index contributed by atoms with van der Waals surface area (Å²) in [7, 11) is 1.38. The number of phenolic OH excluding ortho intramolecular Hbond substituents is 1. The summed E-state index contributed by atoms with van der Waals surface area (Å²) in [5, 5.41) is 18.6. The molecule has 1 aliphatic rings. The SMILES string of the molecule is COC1(C(=O)O)CCc2ccc(O)cc21. The minimum absolute atomic E-state index is 0.0679. The lowest BCUT2D eigenvalue weighted by atomic mass is 9.96. The molecule has 1 aromatic carbocycles. The van der Waals surface area contributed by atoms with Crippen LogP contribution in [-0.2, 0) is 21.6 Å². The first-order valence-corrected chi connectivity index (χ1v) is 4.71. The predicted octanol–water partition coefficient (Wildman–Crippen LogP) is 1.26. The Bertz CT molecular complexity index is 413. The molecule has 0 spiro atoms. The summed E-state index contributed by atoms with van der Waals surface area (Å²) in [6.07, 6.45) is 1.08. The van der Waals surface area contributed by atoms with Gasteiger partial charge in [0.2, 0.25) is 0 Å². The molecule has 1 unspecified atom stereocenters. The number of carboxylic acid groups (broad SMARTS) is 1. The maximum Gasteiger partial charge on any atom is 0.340 e. The average molecular weight is 208 g/mol. The van der Waals surface area contributed by atoms with Gasteiger partial charge >= 0.3 is 5.97 Å². The number of phenols is 1. The summed E-state index contributed by atoms with van der Waals surface area (Å²) in [5.74, 6) is -0.937. The largest absolute Gasteiger partial charge is 0.508 e. The van der Waals surface area contributed by atoms with Gasteiger partial charge in [0.05, 0.1) is 0 Å². The molecule has 0 aromatic heterocycles. The minimum atomic E-state index is -1.28. The highest BCUT2D eigenvalue weighted by atomic mass is 16.5. The lowest BCUT2D eigenvalue weighted by molar-refractivity contribution is -0.163. The van der Waals surface area contributed by atoms with E-state index in [1.54, 1.807) is 12.1 Å². The molecule has 0 saturated carbocycles. The molecule has 80 valence electrons. The Morgan fingerprint density at radius 1 is 1.53 bits per heavy atom. The fourth-order valence-electron chi connectivity index (χ4n) is 2.13. The van der Waals surface area contributed by atoms with E-state index in [0.29, 0.717) is 18.4 Å². The van der Waals surface area contributed by atoms with Crippen LogP contribution in [0.2, 0.25) is 0 Å². The molecule has 0 bridgehead atoms. The molecular weight excluding hydrogens is 196 g/mol. The third kappa shape index (κ3) is 1.29. The average Bonchev–Trinajstić information content (AvgIpc) is 2.57. The van der Waals surface area contributed by atoms with Gasteiger partial charge in [-0.1, -0.05) is 6.07 Å². The number of carboxylic acids is 1. The van der Waals surface area contributed by atoms with E-state index >= 15 is 0 Å². The van der Waals surface area contributed by atoms with Crippen LogP contribution in [-0.4, -0.2) is 23.3 Å². The predicted molar refractivity (Wildman–Crippen MR) is 52.8 cm³/mol. The Hall–Kier alpha value is -1.55. The standard InChI is InChI=1S/C11H12O4/c1-15-11(10(13)14)5-4-7-2-3-8(12)6-9(7)11/h2-3,6,12H,4-5H2,1H3,(H,13,14). The minimum Gasteiger partial charge on any atom is -0.508 e. The molecule has 0 heterocycles. The molecule has 0 saturated heterocycles. The summed E-state index contributed by atoms with van der Waals surface area (Å²) in [4.78, 5) is 11.2. The van der Waals surface area contributed by atoms with Gasteiger partial charge in [0.1, 0.15) is 5.75 Å². The summed E-state index contributed by atoms with van der Waals surface area (Å²) in [5.41, 5.74) is 0.211. The smallest absolute Gasteiger partial charge is 0.340 e. The van der Waals surface area contributed by atoms with Gasteiger partial charge in [-0.2, -0.15) is 0 Å². The van der Waals surface area contributed by atoms with Crippen molar-refractivity contribution in [2.75, 3.05) is 7.11 Å². The van der Waals surface area contributed by atoms with Crippen LogP contribution in [0.1, 0.15) is 17.5 Å². The highest BCUT2D eigenvalue weighted by Crippen LogP contribution is 2.41. The normalized spacial score (nSPS) is 23.8. The van der Waals surface area contributed by atoms with E-state index in [0.717, 1.165) is 5.56 Å². The lowest BCUT2D eigenvalue weighted by Gasteiger charge is -2.23. The number of aliphatic carboxylic acids is 1. The first-order chi connectivity index (χ1) is 7.10. The fraction of sp³-hybridized carbons (Fsp3) is 0.364. The quantitative estimate of drug-likeness (QED) is 0.768. The van der Waals surface area contributed by atoms with E-state index in [9.17, 15) is 15.0 Å². The van der Waals surface area contributed by atoms with Crippen molar-refractivity contribution in [1.29, 1.82) is 0 Å². The van der Waals surface area contributed by atoms with Crippen molar-refractivity contribution in [3.63, 3.8) is 0 Å². The van der Waals surface area contributed by atoms with Crippen molar-refractivity contribution in [1.82, 2.24) is 0 Å². The monoisotopic (exact) mass is 208 g/mol. The van der Waals surface area contributed by atoms with Crippen LogP contribution in [0.15, 0.2) is 18.2 Å². The van der Waals surface area contributed by atoms with Crippen molar-refractivity contribution in [2.24, 2.45) is 0 Å². The topological polar surface area (TPSA) is 66.8 Å². The Labute approximate surface area is 87.1 Å². The molecule has 2 N–H and O–H groups in total. The van der Waals surface area contributed by atoms with E-state index in [1.165, 1.54) is 13.2 Å². The first-order valence-electron chi connectivity index (χ1n) is 4.71. The summed E-state index contributed by atoms with van der Waals surface area (Å²) in [6, 6.07) is 4.78. The molecule has 0 amide bonds. The van der Waals surface area contributed by atoms with E-state index in [-0.39, 0.29) is 5.75 Å². The Balaban J connectivity index is 2.59. The van der Waals surface area contributed by atoms with Crippen LogP contribution in [0, 0.1) is 0 Å². The van der Waals surface area contributed by atoms with Gasteiger partial charge in [-0.25, -0.2) is 4.79 Å². The summed E-state index contributed by atoms with van der Waals surface area (Å²) >= 11 is 0. The molecule has 0 radical (unpaired) electrons. The van der Waals surface area contributed by atoms with Gasteiger partial charge in [-0.05, 0) is 30.5 Å². The molecule has 0 fully saturated rings. The van der Waals surface area contributed by atoms with Crippen LogP contribution in [0.5, 0.6) is 5.75 Å². The number of fused-ring (bicyclic) bond motifs is 1. The third-order valence-corrected chi connectivity index (χ3v) is 2.97. The van der Waals surface area contributed by atoms with Gasteiger partial charge in [0, 0.05) is 12.7 Å². The highest BCUT2D eigenvalue weighted by molar-refractivity contribution is 5.81. The summed E-state index contributed by atoms with van der Waals surface area (Å²) in [6.45, 7) is 0. The lowest BCUT2D eigenvalue weighted by Crippen LogP contribution is -2.35. The molecule has 1 aliphatic carbocycles. The Kier molecular flexibility index (Phi) is 2.16. The second-order valence-corrected chi connectivity index (χ2v) is 3.68. The number of ether oxygens (including phenoxy) is 1. The maximum absolute atomic E-state index is 11.2. The van der Waals surface area contributed by atoms with Crippen LogP contribution < -0.4 is 0 Å². The zero-order valence-corrected chi connectivity index (χ0v) is 8.36. The molecule has 1 aromatic rings. The fourth-order valence-corrected chi connectivity index (χ4v) is 2.13. The van der Waals surface area contributed by atoms with Crippen molar-refractivity contribution in [3.8, 4) is 5.75 Å². The first kappa shape index (κ1) is 9.98. The van der Waals surface area contributed by atoms with Crippen LogP contribution >= 0.6 is 0 Å². The van der Waals surface area contributed by atoms with Gasteiger partial charge < -0.3 is 14.9 Å². The number of rotatable bonds is 2. The molecule has 2 rings (SSSR count). The highest BCUT2D eigenvalue weighted by Gasteiger charge is 2.46. The van der Waals surface area contributed by atoms with Crippen LogP contribution in [0.3, 0.4) is 0 Å². The molecular formula is C11H12O4.